The van der Waals surface area contributed by atoms with E-state index >= 15 is 0 Å². The number of anilines is 1. The van der Waals surface area contributed by atoms with E-state index in [0.717, 1.165) is 37.8 Å². The molecule has 4 nitrogen and oxygen atoms in total. The molecule has 2 heterocycles. The van der Waals surface area contributed by atoms with Crippen LogP contribution >= 0.6 is 0 Å². The van der Waals surface area contributed by atoms with E-state index in [4.69, 9.17) is 0 Å². The van der Waals surface area contributed by atoms with E-state index in [9.17, 15) is 5.11 Å². The van der Waals surface area contributed by atoms with E-state index in [1.165, 1.54) is 24.0 Å². The lowest BCUT2D eigenvalue weighted by molar-refractivity contribution is 0.266. The summed E-state index contributed by atoms with van der Waals surface area (Å²) in [7, 11) is 0. The highest BCUT2D eigenvalue weighted by Gasteiger charge is 2.26. The van der Waals surface area contributed by atoms with Gasteiger partial charge in [-0.15, -0.1) is 0 Å². The number of aromatic nitrogens is 1. The average Bonchev–Trinajstić information content (AvgIpc) is 3.13. The number of rotatable bonds is 5. The van der Waals surface area contributed by atoms with Crippen molar-refractivity contribution in [1.82, 2.24) is 10.3 Å². The van der Waals surface area contributed by atoms with Gasteiger partial charge in [0.15, 0.2) is 0 Å². The molecule has 2 fully saturated rings. The first-order valence-electron chi connectivity index (χ1n) is 7.34. The van der Waals surface area contributed by atoms with Crippen molar-refractivity contribution in [2.45, 2.75) is 51.2 Å². The first kappa shape index (κ1) is 12.9. The fourth-order valence-corrected chi connectivity index (χ4v) is 2.88. The fraction of sp³-hybridized carbons (Fsp3) is 0.667. The quantitative estimate of drug-likeness (QED) is 0.845. The highest BCUT2D eigenvalue weighted by atomic mass is 16.3. The Balaban J connectivity index is 1.71. The van der Waals surface area contributed by atoms with Gasteiger partial charge < -0.3 is 15.3 Å². The SMILES string of the molecule is Cc1cc(CNC2CC2)cnc1N1CCCC1CO. The minimum Gasteiger partial charge on any atom is -0.394 e. The van der Waals surface area contributed by atoms with E-state index in [2.05, 4.69) is 28.2 Å². The van der Waals surface area contributed by atoms with E-state index in [1.54, 1.807) is 0 Å². The molecule has 1 aromatic rings. The largest absolute Gasteiger partial charge is 0.394 e. The predicted octanol–water partition coefficient (Wildman–Crippen LogP) is 1.60. The number of nitrogens with one attached hydrogen (secondary N) is 1. The second-order valence-corrected chi connectivity index (χ2v) is 5.81. The maximum Gasteiger partial charge on any atom is 0.131 e. The zero-order valence-corrected chi connectivity index (χ0v) is 11.6. The van der Waals surface area contributed by atoms with E-state index in [1.807, 2.05) is 6.20 Å². The smallest absolute Gasteiger partial charge is 0.131 e. The third kappa shape index (κ3) is 2.90. The van der Waals surface area contributed by atoms with Crippen LogP contribution in [0.25, 0.3) is 0 Å². The molecule has 2 aliphatic rings. The van der Waals surface area contributed by atoms with Gasteiger partial charge in [-0.3, -0.25) is 0 Å². The normalized spacial score (nSPS) is 23.1. The zero-order chi connectivity index (χ0) is 13.2. The molecule has 1 unspecified atom stereocenters. The summed E-state index contributed by atoms with van der Waals surface area (Å²) in [6.45, 7) is 4.28. The van der Waals surface area contributed by atoms with Crippen LogP contribution in [0.5, 0.6) is 0 Å². The second kappa shape index (κ2) is 5.47. The molecule has 4 heteroatoms. The standard InChI is InChI=1S/C15H23N3O/c1-11-7-12(8-16-13-4-5-13)9-17-15(11)18-6-2-3-14(18)10-19/h7,9,13-14,16,19H,2-6,8,10H2,1H3. The van der Waals surface area contributed by atoms with E-state index in [0.29, 0.717) is 0 Å². The summed E-state index contributed by atoms with van der Waals surface area (Å²) in [5, 5.41) is 12.9. The zero-order valence-electron chi connectivity index (χ0n) is 11.6. The van der Waals surface area contributed by atoms with Crippen LogP contribution in [0.4, 0.5) is 5.82 Å². The fourth-order valence-electron chi connectivity index (χ4n) is 2.88. The van der Waals surface area contributed by atoms with Gasteiger partial charge in [-0.25, -0.2) is 4.98 Å². The van der Waals surface area contributed by atoms with Gasteiger partial charge in [-0.05, 0) is 49.8 Å². The average molecular weight is 261 g/mol. The Morgan fingerprint density at radius 1 is 1.42 bits per heavy atom. The molecule has 0 radical (unpaired) electrons. The molecule has 1 aliphatic carbocycles. The van der Waals surface area contributed by atoms with Crippen LogP contribution in [0, 0.1) is 6.92 Å². The molecule has 19 heavy (non-hydrogen) atoms. The minimum absolute atomic E-state index is 0.228. The van der Waals surface area contributed by atoms with Crippen molar-refractivity contribution >= 4 is 5.82 Å². The molecule has 1 aliphatic heterocycles. The van der Waals surface area contributed by atoms with Crippen molar-refractivity contribution < 1.29 is 5.11 Å². The third-order valence-electron chi connectivity index (χ3n) is 4.14. The Labute approximate surface area is 114 Å². The van der Waals surface area contributed by atoms with Gasteiger partial charge in [0.25, 0.3) is 0 Å². The van der Waals surface area contributed by atoms with Crippen molar-refractivity contribution in [3.63, 3.8) is 0 Å². The van der Waals surface area contributed by atoms with Crippen LogP contribution < -0.4 is 10.2 Å². The highest BCUT2D eigenvalue weighted by Crippen LogP contribution is 2.27. The first-order valence-corrected chi connectivity index (χ1v) is 7.34. The summed E-state index contributed by atoms with van der Waals surface area (Å²) in [5.41, 5.74) is 2.48. The van der Waals surface area contributed by atoms with Gasteiger partial charge in [0.1, 0.15) is 5.82 Å². The third-order valence-corrected chi connectivity index (χ3v) is 4.14. The monoisotopic (exact) mass is 261 g/mol. The Hall–Kier alpha value is -1.13. The lowest BCUT2D eigenvalue weighted by Gasteiger charge is -2.25. The Bertz CT molecular complexity index is 445. The molecular formula is C15H23N3O. The van der Waals surface area contributed by atoms with Crippen LogP contribution in [0.3, 0.4) is 0 Å². The van der Waals surface area contributed by atoms with Crippen LogP contribution in [0.2, 0.25) is 0 Å². The summed E-state index contributed by atoms with van der Waals surface area (Å²) >= 11 is 0. The molecule has 104 valence electrons. The number of hydrogen-bond acceptors (Lipinski definition) is 4. The van der Waals surface area contributed by atoms with Crippen molar-refractivity contribution in [2.75, 3.05) is 18.1 Å². The van der Waals surface area contributed by atoms with Gasteiger partial charge in [0, 0.05) is 25.3 Å². The molecule has 1 saturated carbocycles. The van der Waals surface area contributed by atoms with Gasteiger partial charge >= 0.3 is 0 Å². The number of aliphatic hydroxyl groups is 1. The number of hydrogen-bond donors (Lipinski definition) is 2. The predicted molar refractivity (Wildman–Crippen MR) is 76.3 cm³/mol. The molecule has 0 amide bonds. The molecule has 0 aromatic carbocycles. The van der Waals surface area contributed by atoms with Crippen molar-refractivity contribution in [3.8, 4) is 0 Å². The molecule has 0 spiro atoms. The summed E-state index contributed by atoms with van der Waals surface area (Å²) in [5.74, 6) is 1.05. The number of aryl methyl sites for hydroxylation is 1. The lowest BCUT2D eigenvalue weighted by atomic mass is 10.1. The second-order valence-electron chi connectivity index (χ2n) is 5.81. The summed E-state index contributed by atoms with van der Waals surface area (Å²) in [6.07, 6.45) is 6.83. The molecular weight excluding hydrogens is 238 g/mol. The van der Waals surface area contributed by atoms with Gasteiger partial charge in [0.05, 0.1) is 12.6 Å². The molecule has 1 atom stereocenters. The minimum atomic E-state index is 0.228. The summed E-state index contributed by atoms with van der Waals surface area (Å²) in [4.78, 5) is 6.89. The molecule has 2 N–H and O–H groups in total. The van der Waals surface area contributed by atoms with Crippen LogP contribution in [0.15, 0.2) is 12.3 Å². The molecule has 1 aromatic heterocycles. The van der Waals surface area contributed by atoms with Crippen LogP contribution in [-0.4, -0.2) is 35.3 Å². The van der Waals surface area contributed by atoms with E-state index in [-0.39, 0.29) is 12.6 Å². The van der Waals surface area contributed by atoms with Crippen molar-refractivity contribution in [3.05, 3.63) is 23.4 Å². The summed E-state index contributed by atoms with van der Waals surface area (Å²) in [6, 6.07) is 3.21. The molecule has 1 saturated heterocycles. The molecule has 0 bridgehead atoms. The van der Waals surface area contributed by atoms with Crippen molar-refractivity contribution in [1.29, 1.82) is 0 Å². The maximum absolute atomic E-state index is 9.42. The maximum atomic E-state index is 9.42. The lowest BCUT2D eigenvalue weighted by Crippen LogP contribution is -2.33. The number of nitrogens with zero attached hydrogens (tertiary/aromatic N) is 2. The number of aliphatic hydroxyl groups excluding tert-OH is 1. The van der Waals surface area contributed by atoms with Crippen LogP contribution in [0.1, 0.15) is 36.8 Å². The van der Waals surface area contributed by atoms with Gasteiger partial charge in [0.2, 0.25) is 0 Å². The first-order chi connectivity index (χ1) is 9.28. The molecule has 3 rings (SSSR count). The van der Waals surface area contributed by atoms with Crippen LogP contribution in [-0.2, 0) is 6.54 Å². The van der Waals surface area contributed by atoms with E-state index < -0.39 is 0 Å². The Morgan fingerprint density at radius 2 is 2.26 bits per heavy atom. The summed E-state index contributed by atoms with van der Waals surface area (Å²) < 4.78 is 0. The topological polar surface area (TPSA) is 48.4 Å². The Morgan fingerprint density at radius 3 is 2.95 bits per heavy atom. The highest BCUT2D eigenvalue weighted by molar-refractivity contribution is 5.49. The van der Waals surface area contributed by atoms with Crippen molar-refractivity contribution in [2.24, 2.45) is 0 Å². The van der Waals surface area contributed by atoms with Gasteiger partial charge in [-0.1, -0.05) is 0 Å². The Kier molecular flexibility index (Phi) is 3.71. The van der Waals surface area contributed by atoms with Gasteiger partial charge in [-0.2, -0.15) is 0 Å². The number of pyridine rings is 1.